The van der Waals surface area contributed by atoms with E-state index in [2.05, 4.69) is 9.97 Å². The maximum absolute atomic E-state index is 12.7. The van der Waals surface area contributed by atoms with Gasteiger partial charge in [-0.05, 0) is 34.1 Å². The summed E-state index contributed by atoms with van der Waals surface area (Å²) in [5.74, 6) is 0.944. The molecule has 1 saturated heterocycles. The average molecular weight is 421 g/mol. The first-order valence-corrected chi connectivity index (χ1v) is 10.3. The summed E-state index contributed by atoms with van der Waals surface area (Å²) in [7, 11) is 3.41. The van der Waals surface area contributed by atoms with Crippen LogP contribution in [0.15, 0.2) is 4.79 Å². The summed E-state index contributed by atoms with van der Waals surface area (Å²) < 4.78 is 8.74. The van der Waals surface area contributed by atoms with Crippen molar-refractivity contribution >= 4 is 23.1 Å². The smallest absolute Gasteiger partial charge is 0.410 e. The fraction of sp³-hybridized carbons (Fsp3) is 0.700. The van der Waals surface area contributed by atoms with Crippen LogP contribution in [0.3, 0.4) is 0 Å². The highest BCUT2D eigenvalue weighted by atomic mass is 16.6. The number of amides is 1. The molecule has 3 rings (SSSR count). The van der Waals surface area contributed by atoms with Crippen molar-refractivity contribution in [2.24, 2.45) is 14.1 Å². The summed E-state index contributed by atoms with van der Waals surface area (Å²) in [6.45, 7) is 10.3. The number of fused-ring (bicyclic) bond motifs is 1. The standard InChI is InChI=1S/C20H32N6O4/c1-8-13-10-25(12(2)9-26(13)19(29)30-20(3,4)5)16-15-17(24(7)18(28)22-16)23(6)14(11-27)21-15/h12-13,27H,8-11H2,1-7H3/t12-,13+/m0/s1. The Morgan fingerprint density at radius 2 is 1.87 bits per heavy atom. The Labute approximate surface area is 176 Å². The van der Waals surface area contributed by atoms with Gasteiger partial charge >= 0.3 is 11.8 Å². The normalized spacial score (nSPS) is 20.1. The highest BCUT2D eigenvalue weighted by molar-refractivity contribution is 5.85. The van der Waals surface area contributed by atoms with Gasteiger partial charge in [-0.2, -0.15) is 4.98 Å². The minimum Gasteiger partial charge on any atom is -0.444 e. The monoisotopic (exact) mass is 420 g/mol. The number of carbonyl (C=O) groups is 1. The van der Waals surface area contributed by atoms with Crippen LogP contribution in [0.4, 0.5) is 10.6 Å². The Morgan fingerprint density at radius 3 is 2.43 bits per heavy atom. The van der Waals surface area contributed by atoms with Crippen molar-refractivity contribution < 1.29 is 14.6 Å². The summed E-state index contributed by atoms with van der Waals surface area (Å²) in [5.41, 5.74) is 0.212. The van der Waals surface area contributed by atoms with Crippen molar-refractivity contribution in [2.45, 2.75) is 65.3 Å². The summed E-state index contributed by atoms with van der Waals surface area (Å²) in [6.07, 6.45) is 0.406. The molecule has 0 spiro atoms. The van der Waals surface area contributed by atoms with Crippen molar-refractivity contribution in [3.05, 3.63) is 16.3 Å². The zero-order valence-electron chi connectivity index (χ0n) is 18.8. The molecule has 10 nitrogen and oxygen atoms in total. The van der Waals surface area contributed by atoms with E-state index in [9.17, 15) is 14.7 Å². The van der Waals surface area contributed by atoms with E-state index >= 15 is 0 Å². The molecule has 10 heteroatoms. The number of imidazole rings is 1. The largest absolute Gasteiger partial charge is 0.444 e. The molecule has 1 amide bonds. The van der Waals surface area contributed by atoms with Crippen molar-refractivity contribution in [2.75, 3.05) is 18.0 Å². The predicted octanol–water partition coefficient (Wildman–Crippen LogP) is 1.38. The zero-order valence-corrected chi connectivity index (χ0v) is 18.8. The molecule has 0 aromatic carbocycles. The van der Waals surface area contributed by atoms with Crippen LogP contribution in [0.25, 0.3) is 11.2 Å². The third-order valence-corrected chi connectivity index (χ3v) is 5.53. The third-order valence-electron chi connectivity index (χ3n) is 5.53. The third kappa shape index (κ3) is 3.88. The number of aliphatic hydroxyl groups is 1. The van der Waals surface area contributed by atoms with Crippen LogP contribution in [0.2, 0.25) is 0 Å². The molecule has 0 unspecified atom stereocenters. The molecule has 1 aliphatic rings. The number of ether oxygens (including phenoxy) is 1. The number of hydrogen-bond acceptors (Lipinski definition) is 7. The van der Waals surface area contributed by atoms with Gasteiger partial charge in [-0.3, -0.25) is 4.57 Å². The molecule has 166 valence electrons. The van der Waals surface area contributed by atoms with Gasteiger partial charge in [-0.15, -0.1) is 0 Å². The Balaban J connectivity index is 2.02. The first-order chi connectivity index (χ1) is 14.0. The molecular formula is C20H32N6O4. The molecular weight excluding hydrogens is 388 g/mol. The van der Waals surface area contributed by atoms with E-state index < -0.39 is 5.60 Å². The molecule has 0 bridgehead atoms. The molecule has 2 atom stereocenters. The fourth-order valence-corrected chi connectivity index (χ4v) is 3.95. The van der Waals surface area contributed by atoms with E-state index in [1.165, 1.54) is 4.57 Å². The molecule has 30 heavy (non-hydrogen) atoms. The van der Waals surface area contributed by atoms with E-state index in [4.69, 9.17) is 4.74 Å². The minimum absolute atomic E-state index is 0.0852. The van der Waals surface area contributed by atoms with Gasteiger partial charge in [0, 0.05) is 33.2 Å². The topological polar surface area (TPSA) is 106 Å². The van der Waals surface area contributed by atoms with Crippen LogP contribution in [-0.2, 0) is 25.4 Å². The summed E-state index contributed by atoms with van der Waals surface area (Å²) >= 11 is 0. The van der Waals surface area contributed by atoms with E-state index in [-0.39, 0.29) is 30.5 Å². The molecule has 1 aliphatic heterocycles. The second-order valence-corrected chi connectivity index (χ2v) is 8.89. The SMILES string of the molecule is CC[C@@H]1CN(c2nc(=O)n(C)c3c2nc(CO)n3C)[C@@H](C)CN1C(=O)OC(C)(C)C. The van der Waals surface area contributed by atoms with Crippen molar-refractivity contribution in [3.63, 3.8) is 0 Å². The van der Waals surface area contributed by atoms with Crippen molar-refractivity contribution in [1.29, 1.82) is 0 Å². The lowest BCUT2D eigenvalue weighted by molar-refractivity contribution is 0.0106. The van der Waals surface area contributed by atoms with E-state index in [1.807, 2.05) is 39.5 Å². The highest BCUT2D eigenvalue weighted by Crippen LogP contribution is 2.29. The molecule has 0 radical (unpaired) electrons. The number of anilines is 1. The number of aliphatic hydroxyl groups excluding tert-OH is 1. The Kier molecular flexibility index (Phi) is 5.81. The lowest BCUT2D eigenvalue weighted by atomic mass is 10.1. The summed E-state index contributed by atoms with van der Waals surface area (Å²) in [6, 6.07) is -0.180. The number of hydrogen-bond donors (Lipinski definition) is 1. The van der Waals surface area contributed by atoms with Gasteiger partial charge in [-0.25, -0.2) is 14.6 Å². The molecule has 3 heterocycles. The predicted molar refractivity (Wildman–Crippen MR) is 113 cm³/mol. The Hall–Kier alpha value is -2.62. The Morgan fingerprint density at radius 1 is 1.20 bits per heavy atom. The summed E-state index contributed by atoms with van der Waals surface area (Å²) in [4.78, 5) is 38.0. The van der Waals surface area contributed by atoms with Gasteiger partial charge in [0.1, 0.15) is 29.2 Å². The van der Waals surface area contributed by atoms with Gasteiger partial charge in [0.25, 0.3) is 0 Å². The molecule has 0 saturated carbocycles. The number of rotatable bonds is 3. The Bertz CT molecular complexity index is 1010. The molecule has 2 aromatic rings. The van der Waals surface area contributed by atoms with E-state index in [1.54, 1.807) is 23.6 Å². The molecule has 0 aliphatic carbocycles. The average Bonchev–Trinajstić information content (AvgIpc) is 3.00. The second-order valence-electron chi connectivity index (χ2n) is 8.89. The zero-order chi connectivity index (χ0) is 22.4. The number of carbonyl (C=O) groups excluding carboxylic acids is 1. The first-order valence-electron chi connectivity index (χ1n) is 10.3. The van der Waals surface area contributed by atoms with Crippen molar-refractivity contribution in [3.8, 4) is 0 Å². The van der Waals surface area contributed by atoms with Crippen LogP contribution < -0.4 is 10.6 Å². The molecule has 1 fully saturated rings. The minimum atomic E-state index is -0.566. The van der Waals surface area contributed by atoms with Gasteiger partial charge in [0.15, 0.2) is 5.82 Å². The number of nitrogens with zero attached hydrogens (tertiary/aromatic N) is 6. The molecule has 2 aromatic heterocycles. The number of aryl methyl sites for hydroxylation is 2. The van der Waals surface area contributed by atoms with Gasteiger partial charge in [0.2, 0.25) is 0 Å². The maximum atomic E-state index is 12.7. The molecule has 1 N–H and O–H groups in total. The summed E-state index contributed by atoms with van der Waals surface area (Å²) in [5, 5.41) is 9.64. The van der Waals surface area contributed by atoms with E-state index in [0.29, 0.717) is 35.9 Å². The number of piperazine rings is 1. The lowest BCUT2D eigenvalue weighted by Gasteiger charge is -2.45. The van der Waals surface area contributed by atoms with Crippen molar-refractivity contribution in [1.82, 2.24) is 24.0 Å². The van der Waals surface area contributed by atoms with Gasteiger partial charge in [0.05, 0.1) is 6.04 Å². The van der Waals surface area contributed by atoms with Gasteiger partial charge < -0.3 is 24.2 Å². The number of aromatic nitrogens is 4. The van der Waals surface area contributed by atoms with Crippen LogP contribution in [0.5, 0.6) is 0 Å². The van der Waals surface area contributed by atoms with Crippen LogP contribution in [0, 0.1) is 0 Å². The van der Waals surface area contributed by atoms with Crippen LogP contribution in [0.1, 0.15) is 46.9 Å². The maximum Gasteiger partial charge on any atom is 0.410 e. The lowest BCUT2D eigenvalue weighted by Crippen LogP contribution is -2.60. The first kappa shape index (κ1) is 22.1. The van der Waals surface area contributed by atoms with Crippen LogP contribution in [-0.4, -0.2) is 66.0 Å². The second kappa shape index (κ2) is 7.90. The van der Waals surface area contributed by atoms with Crippen LogP contribution >= 0.6 is 0 Å². The fourth-order valence-electron chi connectivity index (χ4n) is 3.95. The van der Waals surface area contributed by atoms with E-state index in [0.717, 1.165) is 6.42 Å². The highest BCUT2D eigenvalue weighted by Gasteiger charge is 2.37. The quantitative estimate of drug-likeness (QED) is 0.800. The van der Waals surface area contributed by atoms with Gasteiger partial charge in [-0.1, -0.05) is 6.92 Å².